The van der Waals surface area contributed by atoms with E-state index >= 15 is 0 Å². The largest absolute Gasteiger partial charge is 0.462 e. The van der Waals surface area contributed by atoms with Gasteiger partial charge in [-0.2, -0.15) is 0 Å². The van der Waals surface area contributed by atoms with E-state index in [0.29, 0.717) is 11.3 Å². The Hall–Kier alpha value is -2.47. The number of hydrogen-bond acceptors (Lipinski definition) is 5. The Labute approximate surface area is 132 Å². The summed E-state index contributed by atoms with van der Waals surface area (Å²) in [5.41, 5.74) is 0.721. The highest BCUT2D eigenvalue weighted by Crippen LogP contribution is 2.46. The minimum Gasteiger partial charge on any atom is -0.462 e. The van der Waals surface area contributed by atoms with Crippen molar-refractivity contribution in [1.82, 2.24) is 0 Å². The lowest BCUT2D eigenvalue weighted by atomic mass is 9.85. The monoisotopic (exact) mass is 313 g/mol. The van der Waals surface area contributed by atoms with Crippen molar-refractivity contribution in [2.24, 2.45) is 11.8 Å². The van der Waals surface area contributed by atoms with Crippen molar-refractivity contribution in [3.8, 4) is 0 Å². The van der Waals surface area contributed by atoms with Gasteiger partial charge in [0, 0.05) is 0 Å². The van der Waals surface area contributed by atoms with E-state index in [2.05, 4.69) is 0 Å². The number of imide groups is 1. The SMILES string of the molecule is CCOC(=O)c1cccc(N2C(=O)[C@@H]3[C@H](C2=O)[C@H]2C=C[C@H]3O2)c1. The summed E-state index contributed by atoms with van der Waals surface area (Å²) >= 11 is 0. The number of carbonyl (C=O) groups is 3. The molecule has 0 aromatic heterocycles. The molecule has 2 saturated heterocycles. The number of benzene rings is 1. The summed E-state index contributed by atoms with van der Waals surface area (Å²) in [7, 11) is 0. The molecule has 0 radical (unpaired) electrons. The van der Waals surface area contributed by atoms with E-state index < -0.39 is 17.8 Å². The Bertz CT molecular complexity index is 710. The van der Waals surface area contributed by atoms with Crippen LogP contribution < -0.4 is 4.90 Å². The molecule has 2 fully saturated rings. The van der Waals surface area contributed by atoms with Gasteiger partial charge in [-0.25, -0.2) is 9.69 Å². The molecule has 0 unspecified atom stereocenters. The van der Waals surface area contributed by atoms with Gasteiger partial charge in [0.25, 0.3) is 0 Å². The van der Waals surface area contributed by atoms with E-state index in [-0.39, 0.29) is 30.6 Å². The summed E-state index contributed by atoms with van der Waals surface area (Å²) in [4.78, 5) is 38.4. The number of carbonyl (C=O) groups excluding carboxylic acids is 3. The van der Waals surface area contributed by atoms with Gasteiger partial charge in [-0.15, -0.1) is 0 Å². The molecule has 6 nitrogen and oxygen atoms in total. The molecule has 6 heteroatoms. The Balaban J connectivity index is 1.67. The highest BCUT2D eigenvalue weighted by atomic mass is 16.5. The zero-order valence-corrected chi connectivity index (χ0v) is 12.5. The van der Waals surface area contributed by atoms with Crippen LogP contribution in [0.2, 0.25) is 0 Å². The maximum Gasteiger partial charge on any atom is 0.338 e. The summed E-state index contributed by atoms with van der Waals surface area (Å²) in [5.74, 6) is -1.91. The molecule has 4 atom stereocenters. The van der Waals surface area contributed by atoms with Crippen molar-refractivity contribution in [3.63, 3.8) is 0 Å². The Kier molecular flexibility index (Phi) is 3.09. The maximum absolute atomic E-state index is 12.7. The normalized spacial score (nSPS) is 30.9. The lowest BCUT2D eigenvalue weighted by Crippen LogP contribution is -2.34. The van der Waals surface area contributed by atoms with E-state index in [1.54, 1.807) is 25.1 Å². The number of amides is 2. The van der Waals surface area contributed by atoms with Crippen LogP contribution in [0.3, 0.4) is 0 Å². The van der Waals surface area contributed by atoms with Gasteiger partial charge >= 0.3 is 5.97 Å². The number of ether oxygens (including phenoxy) is 2. The molecule has 0 saturated carbocycles. The number of anilines is 1. The van der Waals surface area contributed by atoms with Crippen LogP contribution >= 0.6 is 0 Å². The molecule has 0 spiro atoms. The van der Waals surface area contributed by atoms with E-state index in [9.17, 15) is 14.4 Å². The Morgan fingerprint density at radius 3 is 2.43 bits per heavy atom. The van der Waals surface area contributed by atoms with Gasteiger partial charge in [0.1, 0.15) is 0 Å². The van der Waals surface area contributed by atoms with Crippen LogP contribution in [-0.4, -0.2) is 36.6 Å². The molecular formula is C17H15NO5. The van der Waals surface area contributed by atoms with Crippen molar-refractivity contribution < 1.29 is 23.9 Å². The minimum atomic E-state index is -0.473. The highest BCUT2D eigenvalue weighted by molar-refractivity contribution is 6.23. The fourth-order valence-corrected chi connectivity index (χ4v) is 3.54. The molecule has 118 valence electrons. The second-order valence-corrected chi connectivity index (χ2v) is 5.78. The van der Waals surface area contributed by atoms with Crippen LogP contribution in [0.5, 0.6) is 0 Å². The predicted molar refractivity (Wildman–Crippen MR) is 79.7 cm³/mol. The first kappa shape index (κ1) is 14.1. The van der Waals surface area contributed by atoms with Gasteiger partial charge in [0.15, 0.2) is 0 Å². The molecule has 3 aliphatic rings. The summed E-state index contributed by atoms with van der Waals surface area (Å²) in [6.45, 7) is 1.99. The molecule has 23 heavy (non-hydrogen) atoms. The molecule has 3 heterocycles. The molecule has 3 aliphatic heterocycles. The first-order valence-electron chi connectivity index (χ1n) is 7.60. The van der Waals surface area contributed by atoms with Crippen LogP contribution in [0.25, 0.3) is 0 Å². The zero-order valence-electron chi connectivity index (χ0n) is 12.5. The van der Waals surface area contributed by atoms with Gasteiger partial charge in [-0.05, 0) is 25.1 Å². The quantitative estimate of drug-likeness (QED) is 0.478. The maximum atomic E-state index is 12.7. The van der Waals surface area contributed by atoms with Gasteiger partial charge in [0.05, 0.1) is 41.9 Å². The predicted octanol–water partition coefficient (Wildman–Crippen LogP) is 1.31. The van der Waals surface area contributed by atoms with Gasteiger partial charge in [-0.1, -0.05) is 18.2 Å². The average molecular weight is 313 g/mol. The molecule has 0 aliphatic carbocycles. The van der Waals surface area contributed by atoms with Gasteiger partial charge < -0.3 is 9.47 Å². The third-order valence-corrected chi connectivity index (χ3v) is 4.53. The van der Waals surface area contributed by atoms with Crippen LogP contribution in [0.15, 0.2) is 36.4 Å². The minimum absolute atomic E-state index is 0.265. The van der Waals surface area contributed by atoms with E-state index in [1.807, 2.05) is 12.2 Å². The molecule has 1 aromatic rings. The molecule has 1 aromatic carbocycles. The zero-order chi connectivity index (χ0) is 16.1. The third-order valence-electron chi connectivity index (χ3n) is 4.53. The number of hydrogen-bond donors (Lipinski definition) is 0. The van der Waals surface area contributed by atoms with Crippen LogP contribution in [0.4, 0.5) is 5.69 Å². The first-order chi connectivity index (χ1) is 11.1. The summed E-state index contributed by atoms with van der Waals surface area (Å²) in [5, 5.41) is 0. The topological polar surface area (TPSA) is 72.9 Å². The smallest absolute Gasteiger partial charge is 0.338 e. The van der Waals surface area contributed by atoms with Gasteiger partial charge in [0.2, 0.25) is 11.8 Å². The van der Waals surface area contributed by atoms with Gasteiger partial charge in [-0.3, -0.25) is 9.59 Å². The number of rotatable bonds is 3. The molecule has 2 bridgehead atoms. The Morgan fingerprint density at radius 2 is 1.83 bits per heavy atom. The summed E-state index contributed by atoms with van der Waals surface area (Å²) < 4.78 is 10.6. The lowest BCUT2D eigenvalue weighted by molar-refractivity contribution is -0.124. The lowest BCUT2D eigenvalue weighted by Gasteiger charge is -2.18. The first-order valence-corrected chi connectivity index (χ1v) is 7.60. The fraction of sp³-hybridized carbons (Fsp3) is 0.353. The van der Waals surface area contributed by atoms with E-state index in [0.717, 1.165) is 0 Å². The Morgan fingerprint density at radius 1 is 1.17 bits per heavy atom. The van der Waals surface area contributed by atoms with E-state index in [1.165, 1.54) is 11.0 Å². The van der Waals surface area contributed by atoms with Crippen molar-refractivity contribution in [2.45, 2.75) is 19.1 Å². The van der Waals surface area contributed by atoms with Crippen LogP contribution in [0, 0.1) is 11.8 Å². The van der Waals surface area contributed by atoms with E-state index in [4.69, 9.17) is 9.47 Å². The standard InChI is InChI=1S/C17H15NO5/c1-2-22-17(21)9-4-3-5-10(8-9)18-15(19)13-11-6-7-12(23-11)14(13)16(18)20/h3-8,11-14H,2H2,1H3/t11-,12-,13-,14+/m1/s1. The van der Waals surface area contributed by atoms with Crippen molar-refractivity contribution in [3.05, 3.63) is 42.0 Å². The molecular weight excluding hydrogens is 298 g/mol. The fourth-order valence-electron chi connectivity index (χ4n) is 3.54. The number of fused-ring (bicyclic) bond motifs is 5. The van der Waals surface area contributed by atoms with Crippen molar-refractivity contribution in [2.75, 3.05) is 11.5 Å². The summed E-state index contributed by atoms with van der Waals surface area (Å²) in [6, 6.07) is 6.40. The third kappa shape index (κ3) is 1.95. The average Bonchev–Trinajstić information content (AvgIpc) is 3.22. The second kappa shape index (κ2) is 5.03. The van der Waals surface area contributed by atoms with Crippen LogP contribution in [-0.2, 0) is 19.1 Å². The summed E-state index contributed by atoms with van der Waals surface area (Å²) in [6.07, 6.45) is 3.05. The highest BCUT2D eigenvalue weighted by Gasteiger charge is 2.61. The van der Waals surface area contributed by atoms with Crippen molar-refractivity contribution in [1.29, 1.82) is 0 Å². The second-order valence-electron chi connectivity index (χ2n) is 5.78. The van der Waals surface area contributed by atoms with Crippen LogP contribution in [0.1, 0.15) is 17.3 Å². The molecule has 2 amide bonds. The van der Waals surface area contributed by atoms with Crippen molar-refractivity contribution >= 4 is 23.5 Å². The molecule has 4 rings (SSSR count). The molecule has 0 N–H and O–H groups in total. The number of esters is 1. The number of nitrogens with zero attached hydrogens (tertiary/aromatic N) is 1.